The van der Waals surface area contributed by atoms with Crippen molar-refractivity contribution in [3.8, 4) is 0 Å². The van der Waals surface area contributed by atoms with Crippen LogP contribution in [0, 0.1) is 10.1 Å². The molecule has 1 aliphatic heterocycles. The standard InChI is InChI=1S/C19H18N2O5/c1-2-26-19(23)17-11-14-5-3-4-6-15(14)12-20(17)18(22)13-7-9-16(10-8-13)21(24)25/h3-10,17H,2,11-12H2,1H3. The van der Waals surface area contributed by atoms with Crippen LogP contribution in [-0.4, -0.2) is 34.3 Å². The maximum absolute atomic E-state index is 13.0. The van der Waals surface area contributed by atoms with E-state index < -0.39 is 16.9 Å². The quantitative estimate of drug-likeness (QED) is 0.478. The van der Waals surface area contributed by atoms with E-state index in [0.717, 1.165) is 11.1 Å². The summed E-state index contributed by atoms with van der Waals surface area (Å²) < 4.78 is 5.14. The third-order valence-electron chi connectivity index (χ3n) is 4.39. The van der Waals surface area contributed by atoms with E-state index in [9.17, 15) is 19.7 Å². The minimum atomic E-state index is -0.715. The third kappa shape index (κ3) is 3.42. The minimum Gasteiger partial charge on any atom is -0.464 e. The van der Waals surface area contributed by atoms with Crippen molar-refractivity contribution in [1.82, 2.24) is 4.90 Å². The van der Waals surface area contributed by atoms with Gasteiger partial charge >= 0.3 is 5.97 Å². The summed E-state index contributed by atoms with van der Waals surface area (Å²) in [4.78, 5) is 37.1. The molecule has 0 spiro atoms. The number of nitro groups is 1. The highest BCUT2D eigenvalue weighted by atomic mass is 16.6. The van der Waals surface area contributed by atoms with Crippen LogP contribution >= 0.6 is 0 Å². The lowest BCUT2D eigenvalue weighted by Crippen LogP contribution is -2.49. The van der Waals surface area contributed by atoms with E-state index in [-0.39, 0.29) is 24.7 Å². The second-order valence-electron chi connectivity index (χ2n) is 5.98. The average Bonchev–Trinajstić information content (AvgIpc) is 2.66. The highest BCUT2D eigenvalue weighted by molar-refractivity contribution is 5.97. The number of ether oxygens (including phenoxy) is 1. The lowest BCUT2D eigenvalue weighted by molar-refractivity contribution is -0.384. The summed E-state index contributed by atoms with van der Waals surface area (Å²) in [5.74, 6) is -0.801. The molecule has 0 radical (unpaired) electrons. The summed E-state index contributed by atoms with van der Waals surface area (Å²) in [5, 5.41) is 10.8. The van der Waals surface area contributed by atoms with Crippen LogP contribution in [0.1, 0.15) is 28.4 Å². The number of amides is 1. The van der Waals surface area contributed by atoms with Crippen LogP contribution in [0.3, 0.4) is 0 Å². The Morgan fingerprint density at radius 1 is 1.15 bits per heavy atom. The number of nitro benzene ring substituents is 1. The first-order valence-corrected chi connectivity index (χ1v) is 8.30. The Balaban J connectivity index is 1.92. The van der Waals surface area contributed by atoms with Crippen LogP contribution in [0.15, 0.2) is 48.5 Å². The van der Waals surface area contributed by atoms with E-state index in [1.54, 1.807) is 6.92 Å². The Morgan fingerprint density at radius 2 is 1.81 bits per heavy atom. The van der Waals surface area contributed by atoms with Crippen LogP contribution in [0.2, 0.25) is 0 Å². The SMILES string of the molecule is CCOC(=O)C1Cc2ccccc2CN1C(=O)c1ccc([N+](=O)[O-])cc1. The van der Waals surface area contributed by atoms with Crippen LogP contribution in [0.4, 0.5) is 5.69 Å². The van der Waals surface area contributed by atoms with Gasteiger partial charge in [-0.25, -0.2) is 4.79 Å². The molecule has 7 nitrogen and oxygen atoms in total. The molecule has 0 N–H and O–H groups in total. The van der Waals surface area contributed by atoms with Crippen LogP contribution in [0.5, 0.6) is 0 Å². The maximum atomic E-state index is 13.0. The van der Waals surface area contributed by atoms with Crippen LogP contribution in [-0.2, 0) is 22.5 Å². The van der Waals surface area contributed by atoms with Crippen LogP contribution < -0.4 is 0 Å². The molecule has 0 fully saturated rings. The van der Waals surface area contributed by atoms with Crippen molar-refractivity contribution in [3.63, 3.8) is 0 Å². The van der Waals surface area contributed by atoms with Crippen molar-refractivity contribution in [2.45, 2.75) is 25.9 Å². The van der Waals surface area contributed by atoms with Gasteiger partial charge in [0.2, 0.25) is 0 Å². The number of hydrogen-bond donors (Lipinski definition) is 0. The largest absolute Gasteiger partial charge is 0.464 e. The first kappa shape index (κ1) is 17.6. The fourth-order valence-corrected chi connectivity index (χ4v) is 3.08. The Bertz CT molecular complexity index is 847. The van der Waals surface area contributed by atoms with Gasteiger partial charge in [0.25, 0.3) is 11.6 Å². The smallest absolute Gasteiger partial charge is 0.329 e. The summed E-state index contributed by atoms with van der Waals surface area (Å²) >= 11 is 0. The first-order chi connectivity index (χ1) is 12.5. The lowest BCUT2D eigenvalue weighted by Gasteiger charge is -2.35. The summed E-state index contributed by atoms with van der Waals surface area (Å²) in [6, 6.07) is 12.3. The number of benzene rings is 2. The van der Waals surface area contributed by atoms with Crippen molar-refractivity contribution < 1.29 is 19.2 Å². The molecule has 0 aliphatic carbocycles. The number of hydrogen-bond acceptors (Lipinski definition) is 5. The van der Waals surface area contributed by atoms with Crippen molar-refractivity contribution in [2.24, 2.45) is 0 Å². The Hall–Kier alpha value is -3.22. The molecule has 1 unspecified atom stereocenters. The van der Waals surface area contributed by atoms with E-state index in [2.05, 4.69) is 0 Å². The first-order valence-electron chi connectivity index (χ1n) is 8.30. The van der Waals surface area contributed by atoms with Crippen molar-refractivity contribution in [3.05, 3.63) is 75.3 Å². The molecule has 3 rings (SSSR count). The number of non-ortho nitro benzene ring substituents is 1. The molecule has 1 atom stereocenters. The molecule has 0 bridgehead atoms. The zero-order valence-corrected chi connectivity index (χ0v) is 14.3. The Morgan fingerprint density at radius 3 is 2.42 bits per heavy atom. The molecule has 1 aliphatic rings. The van der Waals surface area contributed by atoms with Crippen LogP contribution in [0.25, 0.3) is 0 Å². The highest BCUT2D eigenvalue weighted by Gasteiger charge is 2.36. The third-order valence-corrected chi connectivity index (χ3v) is 4.39. The number of carbonyl (C=O) groups is 2. The van der Waals surface area contributed by atoms with Gasteiger partial charge in [-0.05, 0) is 30.2 Å². The maximum Gasteiger partial charge on any atom is 0.329 e. The van der Waals surface area contributed by atoms with Gasteiger partial charge in [-0.1, -0.05) is 24.3 Å². The topological polar surface area (TPSA) is 89.8 Å². The second kappa shape index (κ2) is 7.35. The number of esters is 1. The second-order valence-corrected chi connectivity index (χ2v) is 5.98. The van der Waals surface area contributed by atoms with Gasteiger partial charge in [-0.15, -0.1) is 0 Å². The molecule has 2 aromatic carbocycles. The average molecular weight is 354 g/mol. The summed E-state index contributed by atoms with van der Waals surface area (Å²) in [7, 11) is 0. The molecule has 1 heterocycles. The Labute approximate surface area is 150 Å². The number of nitrogens with zero attached hydrogens (tertiary/aromatic N) is 2. The van der Waals surface area contributed by atoms with Gasteiger partial charge in [-0.2, -0.15) is 0 Å². The van der Waals surface area contributed by atoms with Gasteiger partial charge in [0.15, 0.2) is 0 Å². The summed E-state index contributed by atoms with van der Waals surface area (Å²) in [5.41, 5.74) is 2.19. The fraction of sp³-hybridized carbons (Fsp3) is 0.263. The lowest BCUT2D eigenvalue weighted by atomic mass is 9.93. The van der Waals surface area contributed by atoms with Gasteiger partial charge in [0, 0.05) is 30.7 Å². The van der Waals surface area contributed by atoms with Crippen molar-refractivity contribution >= 4 is 17.6 Å². The molecule has 0 saturated carbocycles. The number of rotatable bonds is 4. The highest BCUT2D eigenvalue weighted by Crippen LogP contribution is 2.26. The van der Waals surface area contributed by atoms with Gasteiger partial charge < -0.3 is 9.64 Å². The molecular weight excluding hydrogens is 336 g/mol. The molecule has 7 heteroatoms. The zero-order valence-electron chi connectivity index (χ0n) is 14.3. The fourth-order valence-electron chi connectivity index (χ4n) is 3.08. The van der Waals surface area contributed by atoms with Gasteiger partial charge in [0.05, 0.1) is 11.5 Å². The molecule has 0 aromatic heterocycles. The molecular formula is C19H18N2O5. The van der Waals surface area contributed by atoms with E-state index >= 15 is 0 Å². The molecule has 1 amide bonds. The summed E-state index contributed by atoms with van der Waals surface area (Å²) in [6.45, 7) is 2.24. The molecule has 2 aromatic rings. The molecule has 134 valence electrons. The normalized spacial score (nSPS) is 15.9. The van der Waals surface area contributed by atoms with Gasteiger partial charge in [0.1, 0.15) is 6.04 Å². The predicted molar refractivity (Wildman–Crippen MR) is 93.5 cm³/mol. The van der Waals surface area contributed by atoms with Crippen molar-refractivity contribution in [1.29, 1.82) is 0 Å². The number of fused-ring (bicyclic) bond motifs is 1. The van der Waals surface area contributed by atoms with E-state index in [1.807, 2.05) is 24.3 Å². The van der Waals surface area contributed by atoms with Gasteiger partial charge in [-0.3, -0.25) is 14.9 Å². The minimum absolute atomic E-state index is 0.0903. The van der Waals surface area contributed by atoms with E-state index in [0.29, 0.717) is 12.0 Å². The Kier molecular flexibility index (Phi) is 4.97. The molecule has 26 heavy (non-hydrogen) atoms. The van der Waals surface area contributed by atoms with E-state index in [4.69, 9.17) is 4.74 Å². The zero-order chi connectivity index (χ0) is 18.7. The number of carbonyl (C=O) groups excluding carboxylic acids is 2. The van der Waals surface area contributed by atoms with Crippen molar-refractivity contribution in [2.75, 3.05) is 6.61 Å². The van der Waals surface area contributed by atoms with E-state index in [1.165, 1.54) is 29.2 Å². The molecule has 0 saturated heterocycles. The monoisotopic (exact) mass is 354 g/mol. The summed E-state index contributed by atoms with van der Waals surface area (Å²) in [6.07, 6.45) is 0.383. The predicted octanol–water partition coefficient (Wildman–Crippen LogP) is 2.73.